The Hall–Kier alpha value is -1.75. The standard InChI is InChI=1S/C21H27NO3S/c1-6-13-8-9-16(26-13)19-17(20(24)25-7-2)12(3)22-14-10-21(4,5)11-15(23)18(14)19/h8-9,18-19H,6-7,10-11H2,1-5H3/t18?,19-/m1/s1. The zero-order valence-electron chi connectivity index (χ0n) is 16.2. The molecule has 1 aromatic heterocycles. The van der Waals surface area contributed by atoms with Crippen LogP contribution in [-0.2, 0) is 20.7 Å². The average molecular weight is 374 g/mol. The van der Waals surface area contributed by atoms with Crippen molar-refractivity contribution in [3.63, 3.8) is 0 Å². The molecular formula is C21H27NO3S. The Labute approximate surface area is 159 Å². The number of rotatable bonds is 4. The van der Waals surface area contributed by atoms with Crippen molar-refractivity contribution in [3.8, 4) is 0 Å². The van der Waals surface area contributed by atoms with E-state index in [2.05, 4.69) is 32.9 Å². The minimum absolute atomic E-state index is 0.0806. The topological polar surface area (TPSA) is 55.7 Å². The summed E-state index contributed by atoms with van der Waals surface area (Å²) in [5.41, 5.74) is 2.09. The van der Waals surface area contributed by atoms with E-state index in [1.165, 1.54) is 4.88 Å². The molecule has 1 aromatic rings. The molecule has 26 heavy (non-hydrogen) atoms. The van der Waals surface area contributed by atoms with Crippen molar-refractivity contribution in [2.45, 2.75) is 59.8 Å². The minimum atomic E-state index is -0.345. The smallest absolute Gasteiger partial charge is 0.336 e. The maximum absolute atomic E-state index is 13.1. The number of aryl methyl sites for hydroxylation is 1. The van der Waals surface area contributed by atoms with Crippen LogP contribution in [0, 0.1) is 11.3 Å². The number of fused-ring (bicyclic) bond motifs is 1. The summed E-state index contributed by atoms with van der Waals surface area (Å²) in [5.74, 6) is -0.766. The lowest BCUT2D eigenvalue weighted by atomic mass is 9.64. The molecule has 1 aliphatic carbocycles. The van der Waals surface area contributed by atoms with Crippen molar-refractivity contribution in [3.05, 3.63) is 33.2 Å². The highest BCUT2D eigenvalue weighted by molar-refractivity contribution is 7.12. The maximum Gasteiger partial charge on any atom is 0.336 e. The fourth-order valence-corrected chi connectivity index (χ4v) is 5.23. The molecule has 1 unspecified atom stereocenters. The van der Waals surface area contributed by atoms with E-state index in [0.717, 1.165) is 23.4 Å². The molecule has 2 atom stereocenters. The van der Waals surface area contributed by atoms with Crippen LogP contribution in [0.3, 0.4) is 0 Å². The van der Waals surface area contributed by atoms with E-state index < -0.39 is 0 Å². The van der Waals surface area contributed by atoms with Gasteiger partial charge in [0.2, 0.25) is 0 Å². The van der Waals surface area contributed by atoms with Gasteiger partial charge in [-0.2, -0.15) is 0 Å². The maximum atomic E-state index is 13.1. The van der Waals surface area contributed by atoms with Crippen molar-refractivity contribution in [2.75, 3.05) is 6.61 Å². The van der Waals surface area contributed by atoms with E-state index in [0.29, 0.717) is 24.3 Å². The Morgan fingerprint density at radius 1 is 1.27 bits per heavy atom. The number of hydrogen-bond donors (Lipinski definition) is 0. The molecular weight excluding hydrogens is 346 g/mol. The molecule has 1 fully saturated rings. The lowest BCUT2D eigenvalue weighted by Crippen LogP contribution is -2.43. The molecule has 5 heteroatoms. The number of allylic oxidation sites excluding steroid dienone is 1. The van der Waals surface area contributed by atoms with Crippen LogP contribution in [0.15, 0.2) is 28.4 Å². The van der Waals surface area contributed by atoms with Crippen molar-refractivity contribution in [1.82, 2.24) is 0 Å². The molecule has 0 radical (unpaired) electrons. The SMILES string of the molecule is CCOC(=O)C1=C(C)N=C2CC(C)(C)CC(=O)C2[C@@H]1c1ccc(CC)s1. The molecule has 2 aliphatic rings. The van der Waals surface area contributed by atoms with Crippen LogP contribution in [0.5, 0.6) is 0 Å². The molecule has 1 saturated carbocycles. The number of ketones is 1. The fourth-order valence-electron chi connectivity index (χ4n) is 4.13. The van der Waals surface area contributed by atoms with Gasteiger partial charge < -0.3 is 4.74 Å². The van der Waals surface area contributed by atoms with E-state index >= 15 is 0 Å². The Bertz CT molecular complexity index is 800. The first-order valence-corrected chi connectivity index (χ1v) is 10.2. The summed E-state index contributed by atoms with van der Waals surface area (Å²) in [4.78, 5) is 32.8. The fraction of sp³-hybridized carbons (Fsp3) is 0.571. The predicted octanol–water partition coefficient (Wildman–Crippen LogP) is 4.69. The molecule has 3 rings (SSSR count). The number of thiophene rings is 1. The average Bonchev–Trinajstić information content (AvgIpc) is 3.01. The largest absolute Gasteiger partial charge is 0.463 e. The Morgan fingerprint density at radius 3 is 2.62 bits per heavy atom. The van der Waals surface area contributed by atoms with Crippen LogP contribution in [0.1, 0.15) is 63.1 Å². The Morgan fingerprint density at radius 2 is 2.00 bits per heavy atom. The number of ether oxygens (including phenoxy) is 1. The van der Waals surface area contributed by atoms with Gasteiger partial charge in [0.1, 0.15) is 5.78 Å². The van der Waals surface area contributed by atoms with Crippen molar-refractivity contribution >= 4 is 28.8 Å². The Kier molecular flexibility index (Phi) is 5.20. The van der Waals surface area contributed by atoms with Gasteiger partial charge in [-0.05, 0) is 44.2 Å². The molecule has 0 amide bonds. The molecule has 140 valence electrons. The second kappa shape index (κ2) is 7.10. The lowest BCUT2D eigenvalue weighted by Gasteiger charge is -2.40. The molecule has 0 spiro atoms. The quantitative estimate of drug-likeness (QED) is 0.719. The first kappa shape index (κ1) is 19.0. The summed E-state index contributed by atoms with van der Waals surface area (Å²) in [5, 5.41) is 0. The van der Waals surface area contributed by atoms with Crippen molar-refractivity contribution < 1.29 is 14.3 Å². The normalized spacial score (nSPS) is 25.0. The van der Waals surface area contributed by atoms with Gasteiger partial charge >= 0.3 is 5.97 Å². The van der Waals surface area contributed by atoms with E-state index in [1.807, 2.05) is 6.92 Å². The summed E-state index contributed by atoms with van der Waals surface area (Å²) in [6, 6.07) is 4.16. The number of carbonyl (C=O) groups is 2. The zero-order chi connectivity index (χ0) is 19.1. The molecule has 0 N–H and O–H groups in total. The van der Waals surface area contributed by atoms with E-state index in [-0.39, 0.29) is 29.0 Å². The molecule has 2 heterocycles. The number of carbonyl (C=O) groups excluding carboxylic acids is 2. The molecule has 0 aromatic carbocycles. The van der Waals surface area contributed by atoms with E-state index in [9.17, 15) is 9.59 Å². The van der Waals surface area contributed by atoms with Gasteiger partial charge in [0, 0.05) is 33.5 Å². The van der Waals surface area contributed by atoms with Crippen LogP contribution in [0.25, 0.3) is 0 Å². The predicted molar refractivity (Wildman–Crippen MR) is 105 cm³/mol. The van der Waals surface area contributed by atoms with Gasteiger partial charge in [-0.25, -0.2) is 4.79 Å². The van der Waals surface area contributed by atoms with Crippen LogP contribution in [0.2, 0.25) is 0 Å². The molecule has 0 saturated heterocycles. The highest BCUT2D eigenvalue weighted by Crippen LogP contribution is 2.48. The second-order valence-corrected chi connectivity index (χ2v) is 9.12. The van der Waals surface area contributed by atoms with Crippen LogP contribution < -0.4 is 0 Å². The van der Waals surface area contributed by atoms with Gasteiger partial charge in [-0.3, -0.25) is 9.79 Å². The van der Waals surface area contributed by atoms with Crippen molar-refractivity contribution in [2.24, 2.45) is 16.3 Å². The molecule has 4 nitrogen and oxygen atoms in total. The van der Waals surface area contributed by atoms with Gasteiger partial charge in [0.15, 0.2) is 0 Å². The van der Waals surface area contributed by atoms with Gasteiger partial charge in [0.25, 0.3) is 0 Å². The number of Topliss-reactive ketones (excluding diaryl/α,β-unsaturated/α-hetero) is 1. The summed E-state index contributed by atoms with van der Waals surface area (Å²) >= 11 is 1.69. The van der Waals surface area contributed by atoms with Gasteiger partial charge in [-0.15, -0.1) is 11.3 Å². The lowest BCUT2D eigenvalue weighted by molar-refractivity contribution is -0.139. The molecule has 1 aliphatic heterocycles. The third-order valence-corrected chi connectivity index (χ3v) is 6.51. The summed E-state index contributed by atoms with van der Waals surface area (Å²) in [6.45, 7) is 10.3. The van der Waals surface area contributed by atoms with Crippen LogP contribution in [-0.4, -0.2) is 24.1 Å². The van der Waals surface area contributed by atoms with Crippen LogP contribution in [0.4, 0.5) is 0 Å². The minimum Gasteiger partial charge on any atom is -0.463 e. The monoisotopic (exact) mass is 373 g/mol. The summed E-state index contributed by atoms with van der Waals surface area (Å²) in [6.07, 6.45) is 2.26. The molecule has 0 bridgehead atoms. The Balaban J connectivity index is 2.14. The third kappa shape index (κ3) is 3.41. The first-order valence-electron chi connectivity index (χ1n) is 9.34. The van der Waals surface area contributed by atoms with Gasteiger partial charge in [0.05, 0.1) is 18.1 Å². The highest BCUT2D eigenvalue weighted by Gasteiger charge is 2.48. The van der Waals surface area contributed by atoms with E-state index in [4.69, 9.17) is 9.73 Å². The number of aliphatic imine (C=N–C) groups is 1. The zero-order valence-corrected chi connectivity index (χ0v) is 17.0. The number of nitrogens with zero attached hydrogens (tertiary/aromatic N) is 1. The van der Waals surface area contributed by atoms with E-state index in [1.54, 1.807) is 18.3 Å². The van der Waals surface area contributed by atoms with Crippen LogP contribution >= 0.6 is 11.3 Å². The highest BCUT2D eigenvalue weighted by atomic mass is 32.1. The second-order valence-electron chi connectivity index (χ2n) is 7.92. The number of esters is 1. The third-order valence-electron chi connectivity index (χ3n) is 5.20. The first-order chi connectivity index (χ1) is 12.3. The summed E-state index contributed by atoms with van der Waals surface area (Å²) in [7, 11) is 0. The van der Waals surface area contributed by atoms with Gasteiger partial charge in [-0.1, -0.05) is 20.8 Å². The summed E-state index contributed by atoms with van der Waals surface area (Å²) < 4.78 is 5.32. The number of hydrogen-bond acceptors (Lipinski definition) is 5. The van der Waals surface area contributed by atoms with Crippen molar-refractivity contribution in [1.29, 1.82) is 0 Å².